The highest BCUT2D eigenvalue weighted by atomic mass is 16.3. The Kier molecular flexibility index (Phi) is 2.38. The molecule has 3 nitrogen and oxygen atoms in total. The fourth-order valence-corrected chi connectivity index (χ4v) is 2.00. The molecule has 0 aliphatic rings. The Labute approximate surface area is 99.0 Å². The largest absolute Gasteiger partial charge is 0.382 e. The molecule has 1 aromatic carbocycles. The number of rotatable bonds is 2. The summed E-state index contributed by atoms with van der Waals surface area (Å²) in [6.45, 7) is 0. The Morgan fingerprint density at radius 2 is 1.82 bits per heavy atom. The SMILES string of the molecule is OC(c1ccccc1)c1cccc2cncn12. The van der Waals surface area contributed by atoms with Crippen LogP contribution >= 0.6 is 0 Å². The maximum atomic E-state index is 10.4. The van der Waals surface area contributed by atoms with Gasteiger partial charge in [-0.3, -0.25) is 0 Å². The van der Waals surface area contributed by atoms with E-state index in [0.717, 1.165) is 16.8 Å². The van der Waals surface area contributed by atoms with Gasteiger partial charge >= 0.3 is 0 Å². The van der Waals surface area contributed by atoms with Gasteiger partial charge in [-0.1, -0.05) is 36.4 Å². The van der Waals surface area contributed by atoms with Crippen LogP contribution in [0.2, 0.25) is 0 Å². The molecule has 1 unspecified atom stereocenters. The lowest BCUT2D eigenvalue weighted by Crippen LogP contribution is -2.05. The van der Waals surface area contributed by atoms with Crippen LogP contribution in [0.3, 0.4) is 0 Å². The highest BCUT2D eigenvalue weighted by Gasteiger charge is 2.12. The summed E-state index contributed by atoms with van der Waals surface area (Å²) in [5.41, 5.74) is 2.69. The van der Waals surface area contributed by atoms with Crippen LogP contribution in [0.5, 0.6) is 0 Å². The number of aromatic nitrogens is 2. The van der Waals surface area contributed by atoms with Gasteiger partial charge in [0.2, 0.25) is 0 Å². The van der Waals surface area contributed by atoms with Crippen LogP contribution in [0.4, 0.5) is 0 Å². The third-order valence-corrected chi connectivity index (χ3v) is 2.87. The van der Waals surface area contributed by atoms with Gasteiger partial charge in [0.1, 0.15) is 6.10 Å². The first-order valence-electron chi connectivity index (χ1n) is 5.50. The number of nitrogens with zero attached hydrogens (tertiary/aromatic N) is 2. The Bertz CT molecular complexity index is 631. The zero-order valence-corrected chi connectivity index (χ0v) is 9.19. The van der Waals surface area contributed by atoms with Crippen LogP contribution in [0.1, 0.15) is 17.4 Å². The first kappa shape index (κ1) is 10.1. The average molecular weight is 224 g/mol. The molecule has 0 amide bonds. The van der Waals surface area contributed by atoms with Crippen molar-refractivity contribution in [3.8, 4) is 0 Å². The van der Waals surface area contributed by atoms with Gasteiger partial charge in [-0.25, -0.2) is 4.98 Å². The van der Waals surface area contributed by atoms with Gasteiger partial charge in [0, 0.05) is 0 Å². The molecular weight excluding hydrogens is 212 g/mol. The normalized spacial score (nSPS) is 12.8. The van der Waals surface area contributed by atoms with Gasteiger partial charge in [0.05, 0.1) is 23.7 Å². The molecule has 0 saturated heterocycles. The topological polar surface area (TPSA) is 37.5 Å². The third kappa shape index (κ3) is 1.70. The summed E-state index contributed by atoms with van der Waals surface area (Å²) in [7, 11) is 0. The summed E-state index contributed by atoms with van der Waals surface area (Å²) in [4.78, 5) is 4.09. The molecule has 2 heterocycles. The van der Waals surface area contributed by atoms with Crippen LogP contribution in [0, 0.1) is 0 Å². The molecule has 0 saturated carbocycles. The van der Waals surface area contributed by atoms with Crippen molar-refractivity contribution in [1.29, 1.82) is 0 Å². The van der Waals surface area contributed by atoms with E-state index in [0.29, 0.717) is 0 Å². The molecule has 3 aromatic rings. The summed E-state index contributed by atoms with van der Waals surface area (Å²) < 4.78 is 1.90. The van der Waals surface area contributed by atoms with Crippen molar-refractivity contribution in [2.24, 2.45) is 0 Å². The van der Waals surface area contributed by atoms with E-state index in [9.17, 15) is 5.11 Å². The number of hydrogen-bond donors (Lipinski definition) is 1. The lowest BCUT2D eigenvalue weighted by Gasteiger charge is -2.13. The molecule has 1 atom stereocenters. The molecule has 17 heavy (non-hydrogen) atoms. The predicted octanol–water partition coefficient (Wildman–Crippen LogP) is 2.42. The molecular formula is C14H12N2O. The van der Waals surface area contributed by atoms with Gasteiger partial charge in [0.15, 0.2) is 0 Å². The second-order valence-electron chi connectivity index (χ2n) is 3.95. The maximum Gasteiger partial charge on any atom is 0.119 e. The maximum absolute atomic E-state index is 10.4. The van der Waals surface area contributed by atoms with Gasteiger partial charge in [-0.2, -0.15) is 0 Å². The molecule has 0 spiro atoms. The first-order chi connectivity index (χ1) is 8.36. The quantitative estimate of drug-likeness (QED) is 0.725. The lowest BCUT2D eigenvalue weighted by atomic mass is 10.1. The zero-order valence-electron chi connectivity index (χ0n) is 9.19. The van der Waals surface area contributed by atoms with E-state index in [4.69, 9.17) is 0 Å². The summed E-state index contributed by atoms with van der Waals surface area (Å²) in [5.74, 6) is 0. The Balaban J connectivity index is 2.13. The van der Waals surface area contributed by atoms with E-state index < -0.39 is 6.10 Å². The lowest BCUT2D eigenvalue weighted by molar-refractivity contribution is 0.214. The molecule has 3 heteroatoms. The van der Waals surface area contributed by atoms with E-state index >= 15 is 0 Å². The van der Waals surface area contributed by atoms with E-state index in [1.165, 1.54) is 0 Å². The van der Waals surface area contributed by atoms with Crippen LogP contribution in [-0.4, -0.2) is 14.5 Å². The monoisotopic (exact) mass is 224 g/mol. The highest BCUT2D eigenvalue weighted by molar-refractivity contribution is 5.46. The van der Waals surface area contributed by atoms with Gasteiger partial charge in [-0.15, -0.1) is 0 Å². The Hall–Kier alpha value is -2.13. The van der Waals surface area contributed by atoms with Crippen molar-refractivity contribution >= 4 is 5.52 Å². The molecule has 84 valence electrons. The molecule has 0 aliphatic heterocycles. The fraction of sp³-hybridized carbons (Fsp3) is 0.0714. The number of imidazole rings is 1. The second-order valence-corrected chi connectivity index (χ2v) is 3.95. The standard InChI is InChI=1S/C14H12N2O/c17-14(11-5-2-1-3-6-11)13-8-4-7-12-9-15-10-16(12)13/h1-10,14,17H. The minimum absolute atomic E-state index is 0.630. The number of aliphatic hydroxyl groups excluding tert-OH is 1. The predicted molar refractivity (Wildman–Crippen MR) is 65.7 cm³/mol. The van der Waals surface area contributed by atoms with Gasteiger partial charge in [0.25, 0.3) is 0 Å². The molecule has 1 N–H and O–H groups in total. The average Bonchev–Trinajstić information content (AvgIpc) is 2.87. The number of hydrogen-bond acceptors (Lipinski definition) is 2. The molecule has 0 fully saturated rings. The summed E-state index contributed by atoms with van der Waals surface area (Å²) in [6, 6.07) is 15.4. The summed E-state index contributed by atoms with van der Waals surface area (Å²) in [5, 5.41) is 10.4. The Morgan fingerprint density at radius 3 is 2.65 bits per heavy atom. The molecule has 0 bridgehead atoms. The zero-order chi connectivity index (χ0) is 11.7. The van der Waals surface area contributed by atoms with Crippen molar-refractivity contribution in [3.63, 3.8) is 0 Å². The van der Waals surface area contributed by atoms with Crippen molar-refractivity contribution in [2.75, 3.05) is 0 Å². The highest BCUT2D eigenvalue weighted by Crippen LogP contribution is 2.22. The van der Waals surface area contributed by atoms with E-state index in [2.05, 4.69) is 4.98 Å². The van der Waals surface area contributed by atoms with Gasteiger partial charge < -0.3 is 9.51 Å². The van der Waals surface area contributed by atoms with E-state index in [-0.39, 0.29) is 0 Å². The summed E-state index contributed by atoms with van der Waals surface area (Å²) in [6.07, 6.45) is 2.87. The van der Waals surface area contributed by atoms with Crippen LogP contribution in [0.25, 0.3) is 5.52 Å². The smallest absolute Gasteiger partial charge is 0.119 e. The third-order valence-electron chi connectivity index (χ3n) is 2.87. The van der Waals surface area contributed by atoms with Gasteiger partial charge in [-0.05, 0) is 17.7 Å². The van der Waals surface area contributed by atoms with Crippen LogP contribution in [0.15, 0.2) is 61.1 Å². The van der Waals surface area contributed by atoms with Crippen molar-refractivity contribution in [2.45, 2.75) is 6.10 Å². The first-order valence-corrected chi connectivity index (χ1v) is 5.50. The number of fused-ring (bicyclic) bond motifs is 1. The number of benzene rings is 1. The van der Waals surface area contributed by atoms with Crippen LogP contribution in [-0.2, 0) is 0 Å². The number of pyridine rings is 1. The van der Waals surface area contributed by atoms with Crippen molar-refractivity contribution in [3.05, 3.63) is 72.3 Å². The fourth-order valence-electron chi connectivity index (χ4n) is 2.00. The second kappa shape index (κ2) is 4.03. The summed E-state index contributed by atoms with van der Waals surface area (Å²) >= 11 is 0. The molecule has 2 aromatic heterocycles. The molecule has 0 radical (unpaired) electrons. The van der Waals surface area contributed by atoms with Crippen molar-refractivity contribution in [1.82, 2.24) is 9.38 Å². The minimum Gasteiger partial charge on any atom is -0.382 e. The molecule has 0 aliphatic carbocycles. The van der Waals surface area contributed by atoms with E-state index in [1.54, 1.807) is 12.5 Å². The number of aliphatic hydroxyl groups is 1. The van der Waals surface area contributed by atoms with E-state index in [1.807, 2.05) is 52.9 Å². The van der Waals surface area contributed by atoms with Crippen molar-refractivity contribution < 1.29 is 5.11 Å². The van der Waals surface area contributed by atoms with Crippen LogP contribution < -0.4 is 0 Å². The molecule has 3 rings (SSSR count). The minimum atomic E-state index is -0.630. The Morgan fingerprint density at radius 1 is 1.00 bits per heavy atom.